The number of aliphatic carboxylic acids is 1. The van der Waals surface area contributed by atoms with Gasteiger partial charge in [-0.25, -0.2) is 0 Å². The molecule has 0 bridgehead atoms. The van der Waals surface area contributed by atoms with Crippen molar-refractivity contribution >= 4 is 17.7 Å². The van der Waals surface area contributed by atoms with Crippen molar-refractivity contribution < 1.29 is 14.6 Å². The number of hydrogen-bond donors (Lipinski definition) is 1. The lowest BCUT2D eigenvalue weighted by Crippen LogP contribution is -2.16. The Morgan fingerprint density at radius 3 is 2.58 bits per heavy atom. The summed E-state index contributed by atoms with van der Waals surface area (Å²) in [6, 6.07) is 0. The van der Waals surface area contributed by atoms with Crippen LogP contribution in [0.25, 0.3) is 0 Å². The zero-order valence-electron chi connectivity index (χ0n) is 7.74. The van der Waals surface area contributed by atoms with Gasteiger partial charge in [-0.2, -0.15) is 0 Å². The van der Waals surface area contributed by atoms with Crippen LogP contribution in [-0.4, -0.2) is 35.3 Å². The molecule has 0 saturated heterocycles. The van der Waals surface area contributed by atoms with Crippen molar-refractivity contribution in [3.8, 4) is 0 Å². The van der Waals surface area contributed by atoms with Gasteiger partial charge in [0.15, 0.2) is 0 Å². The van der Waals surface area contributed by atoms with E-state index in [-0.39, 0.29) is 5.25 Å². The third kappa shape index (κ3) is 5.43. The van der Waals surface area contributed by atoms with E-state index in [1.54, 1.807) is 14.0 Å². The highest BCUT2D eigenvalue weighted by molar-refractivity contribution is 8.01. The van der Waals surface area contributed by atoms with E-state index in [2.05, 4.69) is 0 Å². The quantitative estimate of drug-likeness (QED) is 0.694. The minimum Gasteiger partial charge on any atom is -0.480 e. The molecule has 0 aromatic carbocycles. The molecule has 3 nitrogen and oxygen atoms in total. The zero-order valence-corrected chi connectivity index (χ0v) is 8.56. The van der Waals surface area contributed by atoms with Crippen LogP contribution in [0.4, 0.5) is 0 Å². The molecule has 72 valence electrons. The Morgan fingerprint density at radius 1 is 1.58 bits per heavy atom. The first-order valence-electron chi connectivity index (χ1n) is 3.95. The van der Waals surface area contributed by atoms with Gasteiger partial charge in [-0.15, -0.1) is 11.8 Å². The molecule has 4 heteroatoms. The molecule has 0 aliphatic heterocycles. The van der Waals surface area contributed by atoms with Crippen LogP contribution in [0.2, 0.25) is 0 Å². The Kier molecular flexibility index (Phi) is 6.20. The lowest BCUT2D eigenvalue weighted by atomic mass is 10.3. The number of rotatable bonds is 6. The maximum atomic E-state index is 10.5. The Labute approximate surface area is 77.5 Å². The molecule has 0 aliphatic rings. The zero-order chi connectivity index (χ0) is 9.56. The monoisotopic (exact) mass is 192 g/mol. The maximum absolute atomic E-state index is 10.5. The van der Waals surface area contributed by atoms with Crippen LogP contribution in [-0.2, 0) is 9.53 Å². The number of thioether (sulfide) groups is 1. The van der Waals surface area contributed by atoms with Crippen LogP contribution in [0.3, 0.4) is 0 Å². The molecule has 0 spiro atoms. The second-order valence-corrected chi connectivity index (χ2v) is 4.49. The summed E-state index contributed by atoms with van der Waals surface area (Å²) in [6.07, 6.45) is 0.902. The SMILES string of the molecule is COCCC(C)SC(C)C(=O)O. The molecule has 0 rings (SSSR count). The highest BCUT2D eigenvalue weighted by Gasteiger charge is 2.14. The molecule has 0 aromatic heterocycles. The van der Waals surface area contributed by atoms with Crippen LogP contribution in [0.15, 0.2) is 0 Å². The van der Waals surface area contributed by atoms with Crippen molar-refractivity contribution in [1.82, 2.24) is 0 Å². The fourth-order valence-corrected chi connectivity index (χ4v) is 1.80. The van der Waals surface area contributed by atoms with E-state index in [4.69, 9.17) is 9.84 Å². The predicted octanol–water partition coefficient (Wildman–Crippen LogP) is 1.62. The number of hydrogen-bond acceptors (Lipinski definition) is 3. The van der Waals surface area contributed by atoms with E-state index >= 15 is 0 Å². The summed E-state index contributed by atoms with van der Waals surface area (Å²) in [5.41, 5.74) is 0. The topological polar surface area (TPSA) is 46.5 Å². The first kappa shape index (κ1) is 11.8. The van der Waals surface area contributed by atoms with Gasteiger partial charge in [0, 0.05) is 19.0 Å². The summed E-state index contributed by atoms with van der Waals surface area (Å²) in [5.74, 6) is -0.746. The van der Waals surface area contributed by atoms with Crippen molar-refractivity contribution in [1.29, 1.82) is 0 Å². The number of carboxylic acid groups (broad SMARTS) is 1. The summed E-state index contributed by atoms with van der Waals surface area (Å²) in [7, 11) is 1.65. The Hall–Kier alpha value is -0.220. The van der Waals surface area contributed by atoms with E-state index in [9.17, 15) is 4.79 Å². The molecule has 2 unspecified atom stereocenters. The van der Waals surface area contributed by atoms with Crippen LogP contribution >= 0.6 is 11.8 Å². The van der Waals surface area contributed by atoms with Crippen LogP contribution in [0, 0.1) is 0 Å². The minimum atomic E-state index is -0.746. The Bertz CT molecular complexity index is 138. The molecule has 12 heavy (non-hydrogen) atoms. The van der Waals surface area contributed by atoms with Gasteiger partial charge in [0.2, 0.25) is 0 Å². The highest BCUT2D eigenvalue weighted by atomic mass is 32.2. The van der Waals surface area contributed by atoms with Crippen LogP contribution in [0.1, 0.15) is 20.3 Å². The van der Waals surface area contributed by atoms with Gasteiger partial charge in [-0.05, 0) is 13.3 Å². The van der Waals surface area contributed by atoms with Gasteiger partial charge < -0.3 is 9.84 Å². The van der Waals surface area contributed by atoms with Crippen molar-refractivity contribution in [2.45, 2.75) is 30.8 Å². The average Bonchev–Trinajstić information content (AvgIpc) is 2.00. The summed E-state index contributed by atoms with van der Waals surface area (Å²) in [5, 5.41) is 8.63. The molecular formula is C8H16O3S. The average molecular weight is 192 g/mol. The fraction of sp³-hybridized carbons (Fsp3) is 0.875. The standard InChI is InChI=1S/C8H16O3S/c1-6(4-5-11-3)12-7(2)8(9)10/h6-7H,4-5H2,1-3H3,(H,9,10). The van der Waals surface area contributed by atoms with Gasteiger partial charge in [0.25, 0.3) is 0 Å². The molecule has 0 saturated carbocycles. The summed E-state index contributed by atoms with van der Waals surface area (Å²) in [4.78, 5) is 10.5. The molecule has 1 N–H and O–H groups in total. The summed E-state index contributed by atoms with van der Waals surface area (Å²) < 4.78 is 4.89. The summed E-state index contributed by atoms with van der Waals surface area (Å²) in [6.45, 7) is 4.42. The van der Waals surface area contributed by atoms with Crippen molar-refractivity contribution in [3.05, 3.63) is 0 Å². The predicted molar refractivity (Wildman–Crippen MR) is 50.6 cm³/mol. The van der Waals surface area contributed by atoms with Gasteiger partial charge >= 0.3 is 5.97 Å². The Morgan fingerprint density at radius 2 is 2.17 bits per heavy atom. The number of carboxylic acids is 1. The third-order valence-corrected chi connectivity index (χ3v) is 2.82. The lowest BCUT2D eigenvalue weighted by Gasteiger charge is -2.12. The summed E-state index contributed by atoms with van der Waals surface area (Å²) >= 11 is 1.47. The molecule has 0 fully saturated rings. The minimum absolute atomic E-state index is 0.322. The van der Waals surface area contributed by atoms with E-state index in [1.807, 2.05) is 6.92 Å². The normalized spacial score (nSPS) is 15.6. The van der Waals surface area contributed by atoms with E-state index in [1.165, 1.54) is 11.8 Å². The van der Waals surface area contributed by atoms with Crippen molar-refractivity contribution in [3.63, 3.8) is 0 Å². The molecule has 0 aromatic rings. The maximum Gasteiger partial charge on any atom is 0.316 e. The van der Waals surface area contributed by atoms with E-state index in [0.717, 1.165) is 6.42 Å². The third-order valence-electron chi connectivity index (χ3n) is 1.51. The lowest BCUT2D eigenvalue weighted by molar-refractivity contribution is -0.136. The first-order chi connectivity index (χ1) is 5.57. The second-order valence-electron chi connectivity index (χ2n) is 2.71. The number of ether oxygens (including phenoxy) is 1. The number of methoxy groups -OCH3 is 1. The molecular weight excluding hydrogens is 176 g/mol. The second kappa shape index (κ2) is 6.31. The molecule has 0 heterocycles. The number of carbonyl (C=O) groups is 1. The van der Waals surface area contributed by atoms with Gasteiger partial charge in [-0.3, -0.25) is 4.79 Å². The Balaban J connectivity index is 3.53. The molecule has 0 amide bonds. The smallest absolute Gasteiger partial charge is 0.316 e. The van der Waals surface area contributed by atoms with E-state index < -0.39 is 5.97 Å². The van der Waals surface area contributed by atoms with E-state index in [0.29, 0.717) is 11.9 Å². The van der Waals surface area contributed by atoms with Crippen LogP contribution in [0.5, 0.6) is 0 Å². The van der Waals surface area contributed by atoms with Crippen LogP contribution < -0.4 is 0 Å². The van der Waals surface area contributed by atoms with Crippen molar-refractivity contribution in [2.75, 3.05) is 13.7 Å². The largest absolute Gasteiger partial charge is 0.480 e. The molecule has 0 radical (unpaired) electrons. The van der Waals surface area contributed by atoms with Gasteiger partial charge in [0.1, 0.15) is 0 Å². The van der Waals surface area contributed by atoms with Gasteiger partial charge in [0.05, 0.1) is 5.25 Å². The highest BCUT2D eigenvalue weighted by Crippen LogP contribution is 2.19. The van der Waals surface area contributed by atoms with Crippen molar-refractivity contribution in [2.24, 2.45) is 0 Å². The molecule has 0 aliphatic carbocycles. The molecule has 2 atom stereocenters. The first-order valence-corrected chi connectivity index (χ1v) is 4.89. The fourth-order valence-electron chi connectivity index (χ4n) is 0.759. The van der Waals surface area contributed by atoms with Gasteiger partial charge in [-0.1, -0.05) is 6.92 Å².